The van der Waals surface area contributed by atoms with Crippen LogP contribution in [0.15, 0.2) is 67.3 Å². The Balaban J connectivity index is 1.16. The number of amides is 1. The number of methoxy groups -OCH3 is 1. The number of hydrogen-bond acceptors (Lipinski definition) is 9. The van der Waals surface area contributed by atoms with Crippen molar-refractivity contribution in [3.8, 4) is 27.6 Å². The fourth-order valence-electron chi connectivity index (χ4n) is 5.52. The number of carbonyl (C=O) groups is 2. The number of aromatic nitrogens is 4. The summed E-state index contributed by atoms with van der Waals surface area (Å²) in [5.41, 5.74) is 4.13. The molecule has 0 radical (unpaired) electrons. The molecule has 0 spiro atoms. The number of carbonyl (C=O) groups excluding carboxylic acids is 2. The minimum Gasteiger partial charge on any atom is -0.490 e. The summed E-state index contributed by atoms with van der Waals surface area (Å²) in [6.45, 7) is 8.69. The van der Waals surface area contributed by atoms with E-state index >= 15 is 0 Å². The smallest absolute Gasteiger partial charge is 0.410 e. The molecular weight excluding hydrogens is 618 g/mol. The van der Waals surface area contributed by atoms with Crippen molar-refractivity contribution in [2.24, 2.45) is 7.05 Å². The molecular formula is C35H39N5O6S. The number of likely N-dealkylation sites (tertiary alicyclic amines) is 1. The number of fused-ring (bicyclic) bond motifs is 1. The van der Waals surface area contributed by atoms with Crippen LogP contribution < -0.4 is 9.47 Å². The highest BCUT2D eigenvalue weighted by molar-refractivity contribution is 7.16. The van der Waals surface area contributed by atoms with E-state index in [4.69, 9.17) is 18.9 Å². The molecule has 1 aliphatic heterocycles. The topological polar surface area (TPSA) is 110 Å². The fourth-order valence-corrected chi connectivity index (χ4v) is 6.51. The van der Waals surface area contributed by atoms with E-state index in [0.29, 0.717) is 36.6 Å². The lowest BCUT2D eigenvalue weighted by Crippen LogP contribution is -2.44. The highest BCUT2D eigenvalue weighted by Gasteiger charge is 2.28. The summed E-state index contributed by atoms with van der Waals surface area (Å²) in [5, 5.41) is 5.05. The van der Waals surface area contributed by atoms with Gasteiger partial charge >= 0.3 is 12.1 Å². The molecule has 11 nitrogen and oxygen atoms in total. The third-order valence-corrected chi connectivity index (χ3v) is 9.00. The van der Waals surface area contributed by atoms with Crippen LogP contribution in [0.25, 0.3) is 27.2 Å². The third-order valence-electron chi connectivity index (χ3n) is 7.91. The summed E-state index contributed by atoms with van der Waals surface area (Å²) < 4.78 is 27.0. The monoisotopic (exact) mass is 657 g/mol. The Morgan fingerprint density at radius 2 is 1.83 bits per heavy atom. The molecule has 1 aliphatic rings. The van der Waals surface area contributed by atoms with E-state index in [1.54, 1.807) is 15.9 Å². The molecule has 0 bridgehead atoms. The number of piperidine rings is 1. The maximum atomic E-state index is 12.8. The van der Waals surface area contributed by atoms with Crippen LogP contribution in [0.4, 0.5) is 4.79 Å². The molecule has 1 saturated heterocycles. The molecule has 1 atom stereocenters. The average Bonchev–Trinajstić information content (AvgIpc) is 3.78. The number of nitrogens with zero attached hydrogens (tertiary/aromatic N) is 5. The normalized spacial score (nSPS) is 14.6. The lowest BCUT2D eigenvalue weighted by Gasteiger charge is -2.33. The SMILES string of the molecule is COC(=O)c1sc(-n2cnc3cc(-c4cnn(C)c4)ccc32)cc1OC(C)c1cccc(OC2CCN(C(=O)OC(C)(C)C)CC2)c1. The number of hydrogen-bond donors (Lipinski definition) is 0. The standard InChI is InChI=1S/C35H39N5O6S/c1-22(23-8-7-9-27(16-23)45-26-12-14-39(15-13-26)34(42)46-35(2,3)4)44-30-18-31(47-32(30)33(41)43-6)40-21-36-28-17-24(10-11-29(28)40)25-19-37-38(5)20-25/h7-11,16-22,26H,12-15H2,1-6H3. The summed E-state index contributed by atoms with van der Waals surface area (Å²) in [7, 11) is 3.25. The summed E-state index contributed by atoms with van der Waals surface area (Å²) in [6, 6.07) is 15.7. The van der Waals surface area contributed by atoms with Crippen molar-refractivity contribution >= 4 is 34.4 Å². The molecule has 5 aromatic rings. The number of ether oxygens (including phenoxy) is 4. The van der Waals surface area contributed by atoms with Gasteiger partial charge in [-0.2, -0.15) is 5.10 Å². The minimum absolute atomic E-state index is 0.0176. The predicted octanol–water partition coefficient (Wildman–Crippen LogP) is 7.19. The van der Waals surface area contributed by atoms with E-state index in [9.17, 15) is 9.59 Å². The first-order chi connectivity index (χ1) is 22.5. The average molecular weight is 658 g/mol. The Bertz CT molecular complexity index is 1900. The van der Waals surface area contributed by atoms with Gasteiger partial charge in [0.1, 0.15) is 40.6 Å². The van der Waals surface area contributed by atoms with Crippen molar-refractivity contribution < 1.29 is 28.5 Å². The van der Waals surface area contributed by atoms with E-state index < -0.39 is 11.6 Å². The Labute approximate surface area is 277 Å². The van der Waals surface area contributed by atoms with E-state index in [1.807, 2.05) is 100 Å². The first-order valence-electron chi connectivity index (χ1n) is 15.6. The zero-order chi connectivity index (χ0) is 33.3. The molecule has 0 aliphatic carbocycles. The van der Waals surface area contributed by atoms with Crippen LogP contribution in [0, 0.1) is 0 Å². The van der Waals surface area contributed by atoms with E-state index in [2.05, 4.69) is 10.1 Å². The van der Waals surface area contributed by atoms with Gasteiger partial charge in [0.15, 0.2) is 4.88 Å². The van der Waals surface area contributed by atoms with Gasteiger partial charge in [-0.3, -0.25) is 9.25 Å². The summed E-state index contributed by atoms with van der Waals surface area (Å²) in [4.78, 5) is 32.0. The zero-order valence-corrected chi connectivity index (χ0v) is 28.2. The van der Waals surface area contributed by atoms with Crippen LogP contribution >= 0.6 is 11.3 Å². The van der Waals surface area contributed by atoms with Gasteiger partial charge in [0.25, 0.3) is 0 Å². The third kappa shape index (κ3) is 7.27. The molecule has 0 saturated carbocycles. The first kappa shape index (κ1) is 32.1. The van der Waals surface area contributed by atoms with E-state index in [1.165, 1.54) is 18.4 Å². The minimum atomic E-state index is -0.523. The first-order valence-corrected chi connectivity index (χ1v) is 16.4. The lowest BCUT2D eigenvalue weighted by atomic mass is 10.1. The second kappa shape index (κ2) is 13.1. The maximum absolute atomic E-state index is 12.8. The summed E-state index contributed by atoms with van der Waals surface area (Å²) >= 11 is 1.29. The fraction of sp³-hybridized carbons (Fsp3) is 0.371. The Morgan fingerprint density at radius 3 is 2.53 bits per heavy atom. The number of aryl methyl sites for hydroxylation is 1. The van der Waals surface area contributed by atoms with Crippen LogP contribution in [-0.2, 0) is 16.5 Å². The van der Waals surface area contributed by atoms with Gasteiger partial charge in [-0.25, -0.2) is 14.6 Å². The number of rotatable bonds is 8. The molecule has 246 valence electrons. The lowest BCUT2D eigenvalue weighted by molar-refractivity contribution is 0.0126. The van der Waals surface area contributed by atoms with Crippen molar-refractivity contribution in [2.45, 2.75) is 58.3 Å². The molecule has 2 aromatic carbocycles. The number of thiophene rings is 1. The quantitative estimate of drug-likeness (QED) is 0.161. The van der Waals surface area contributed by atoms with Gasteiger partial charge in [0.05, 0.1) is 24.3 Å². The molecule has 3 aromatic heterocycles. The van der Waals surface area contributed by atoms with Crippen molar-refractivity contribution in [3.05, 3.63) is 77.7 Å². The zero-order valence-electron chi connectivity index (χ0n) is 27.4. The van der Waals surface area contributed by atoms with E-state index in [0.717, 1.165) is 38.5 Å². The van der Waals surface area contributed by atoms with Gasteiger partial charge in [0.2, 0.25) is 0 Å². The van der Waals surface area contributed by atoms with Crippen LogP contribution in [0.2, 0.25) is 0 Å². The van der Waals surface area contributed by atoms with Gasteiger partial charge in [-0.1, -0.05) is 18.2 Å². The largest absolute Gasteiger partial charge is 0.490 e. The molecule has 47 heavy (non-hydrogen) atoms. The van der Waals surface area contributed by atoms with Crippen molar-refractivity contribution in [2.75, 3.05) is 20.2 Å². The second-order valence-electron chi connectivity index (χ2n) is 12.6. The Morgan fingerprint density at radius 1 is 1.04 bits per heavy atom. The summed E-state index contributed by atoms with van der Waals surface area (Å²) in [6.07, 6.45) is 6.26. The Kier molecular flexibility index (Phi) is 8.96. The Hall–Kier alpha value is -4.84. The molecule has 1 unspecified atom stereocenters. The highest BCUT2D eigenvalue weighted by Crippen LogP contribution is 2.37. The van der Waals surface area contributed by atoms with Gasteiger partial charge in [0, 0.05) is 50.8 Å². The van der Waals surface area contributed by atoms with Gasteiger partial charge in [-0.15, -0.1) is 11.3 Å². The molecule has 0 N–H and O–H groups in total. The van der Waals surface area contributed by atoms with E-state index in [-0.39, 0.29) is 18.3 Å². The van der Waals surface area contributed by atoms with Gasteiger partial charge < -0.3 is 23.8 Å². The van der Waals surface area contributed by atoms with Crippen molar-refractivity contribution in [1.29, 1.82) is 0 Å². The van der Waals surface area contributed by atoms with Crippen LogP contribution in [-0.4, -0.2) is 68.2 Å². The molecule has 12 heteroatoms. The van der Waals surface area contributed by atoms with Crippen LogP contribution in [0.5, 0.6) is 11.5 Å². The number of benzene rings is 2. The van der Waals surface area contributed by atoms with Crippen LogP contribution in [0.3, 0.4) is 0 Å². The number of esters is 1. The van der Waals surface area contributed by atoms with Crippen molar-refractivity contribution in [1.82, 2.24) is 24.2 Å². The highest BCUT2D eigenvalue weighted by atomic mass is 32.1. The summed E-state index contributed by atoms with van der Waals surface area (Å²) in [5.74, 6) is 0.684. The number of imidazole rings is 1. The molecule has 4 heterocycles. The maximum Gasteiger partial charge on any atom is 0.410 e. The molecule has 1 amide bonds. The molecule has 6 rings (SSSR count). The molecule has 1 fully saturated rings. The van der Waals surface area contributed by atoms with Crippen LogP contribution in [0.1, 0.15) is 61.9 Å². The van der Waals surface area contributed by atoms with Crippen molar-refractivity contribution in [3.63, 3.8) is 0 Å². The predicted molar refractivity (Wildman–Crippen MR) is 179 cm³/mol. The van der Waals surface area contributed by atoms with Gasteiger partial charge in [-0.05, 0) is 63.1 Å². The second-order valence-corrected chi connectivity index (χ2v) is 13.6.